The van der Waals surface area contributed by atoms with Gasteiger partial charge in [0.25, 0.3) is 0 Å². The van der Waals surface area contributed by atoms with Crippen LogP contribution in [0.3, 0.4) is 0 Å². The van der Waals surface area contributed by atoms with E-state index in [4.69, 9.17) is 17.3 Å². The minimum atomic E-state index is 0.345. The summed E-state index contributed by atoms with van der Waals surface area (Å²) in [6.07, 6.45) is 8.42. The number of pyridine rings is 2. The molecule has 4 rings (SSSR count). The van der Waals surface area contributed by atoms with Gasteiger partial charge in [0.05, 0.1) is 5.52 Å². The highest BCUT2D eigenvalue weighted by Gasteiger charge is 2.25. The monoisotopic (exact) mass is 408 g/mol. The molecule has 0 amide bonds. The fourth-order valence-corrected chi connectivity index (χ4v) is 4.61. The number of aryl methyl sites for hydroxylation is 2. The van der Waals surface area contributed by atoms with E-state index in [0.717, 1.165) is 61.3 Å². The first-order chi connectivity index (χ1) is 14.1. The Morgan fingerprint density at radius 3 is 2.72 bits per heavy atom. The highest BCUT2D eigenvalue weighted by atomic mass is 35.5. The van der Waals surface area contributed by atoms with Crippen LogP contribution in [0.2, 0.25) is 5.02 Å². The molecule has 0 unspecified atom stereocenters. The van der Waals surface area contributed by atoms with Gasteiger partial charge in [-0.2, -0.15) is 0 Å². The molecule has 152 valence electrons. The van der Waals surface area contributed by atoms with Crippen LogP contribution in [0.15, 0.2) is 48.7 Å². The van der Waals surface area contributed by atoms with Crippen LogP contribution in [0, 0.1) is 6.92 Å². The number of fused-ring (bicyclic) bond motifs is 1. The maximum absolute atomic E-state index is 6.21. The highest BCUT2D eigenvalue weighted by Crippen LogP contribution is 2.33. The van der Waals surface area contributed by atoms with Crippen LogP contribution < -0.4 is 10.6 Å². The molecule has 1 aliphatic carbocycles. The number of nitrogens with two attached hydrogens (primary N) is 1. The lowest BCUT2D eigenvalue weighted by Crippen LogP contribution is -2.41. The van der Waals surface area contributed by atoms with Crippen molar-refractivity contribution in [1.82, 2.24) is 9.97 Å². The second-order valence-electron chi connectivity index (χ2n) is 8.13. The topological polar surface area (TPSA) is 55.0 Å². The van der Waals surface area contributed by atoms with E-state index in [-0.39, 0.29) is 0 Å². The number of rotatable bonds is 6. The Morgan fingerprint density at radius 1 is 1.10 bits per heavy atom. The van der Waals surface area contributed by atoms with Crippen molar-refractivity contribution in [2.75, 3.05) is 11.4 Å². The van der Waals surface area contributed by atoms with Crippen molar-refractivity contribution in [2.24, 2.45) is 5.73 Å². The molecule has 0 saturated heterocycles. The molecule has 1 aromatic carbocycles. The third-order valence-corrected chi connectivity index (χ3v) is 6.19. The van der Waals surface area contributed by atoms with Gasteiger partial charge >= 0.3 is 0 Å². The first kappa shape index (κ1) is 20.1. The summed E-state index contributed by atoms with van der Waals surface area (Å²) in [5, 5.41) is 1.89. The van der Waals surface area contributed by atoms with Gasteiger partial charge in [-0.1, -0.05) is 17.7 Å². The second kappa shape index (κ2) is 9.10. The molecular weight excluding hydrogens is 380 g/mol. The Bertz CT molecular complexity index is 966. The molecule has 1 saturated carbocycles. The molecule has 2 aromatic heterocycles. The Morgan fingerprint density at radius 2 is 1.93 bits per heavy atom. The van der Waals surface area contributed by atoms with Crippen molar-refractivity contribution in [3.05, 3.63) is 65.1 Å². The minimum Gasteiger partial charge on any atom is -0.368 e. The predicted molar refractivity (Wildman–Crippen MR) is 122 cm³/mol. The van der Waals surface area contributed by atoms with E-state index < -0.39 is 0 Å². The lowest BCUT2D eigenvalue weighted by atomic mass is 9.90. The zero-order chi connectivity index (χ0) is 20.2. The van der Waals surface area contributed by atoms with Gasteiger partial charge in [-0.3, -0.25) is 9.97 Å². The van der Waals surface area contributed by atoms with E-state index in [1.807, 2.05) is 18.3 Å². The third kappa shape index (κ3) is 4.88. The van der Waals surface area contributed by atoms with Crippen LogP contribution in [0.5, 0.6) is 0 Å². The normalized spacial score (nSPS) is 19.4. The summed E-state index contributed by atoms with van der Waals surface area (Å²) < 4.78 is 0. The summed E-state index contributed by atoms with van der Waals surface area (Å²) in [6, 6.07) is 15.3. The molecule has 0 bridgehead atoms. The van der Waals surface area contributed by atoms with Crippen LogP contribution >= 0.6 is 11.6 Å². The van der Waals surface area contributed by atoms with Crippen molar-refractivity contribution in [3.63, 3.8) is 0 Å². The van der Waals surface area contributed by atoms with Crippen molar-refractivity contribution in [2.45, 2.75) is 57.5 Å². The number of aromatic nitrogens is 2. The van der Waals surface area contributed by atoms with Crippen LogP contribution in [0.1, 0.15) is 43.5 Å². The number of hydrogen-bond acceptors (Lipinski definition) is 4. The van der Waals surface area contributed by atoms with Crippen LogP contribution in [-0.4, -0.2) is 28.6 Å². The molecule has 0 atom stereocenters. The molecule has 1 aliphatic rings. The van der Waals surface area contributed by atoms with Gasteiger partial charge in [0.15, 0.2) is 0 Å². The van der Waals surface area contributed by atoms with Crippen molar-refractivity contribution < 1.29 is 0 Å². The van der Waals surface area contributed by atoms with Gasteiger partial charge in [0.2, 0.25) is 0 Å². The summed E-state index contributed by atoms with van der Waals surface area (Å²) in [4.78, 5) is 11.8. The van der Waals surface area contributed by atoms with E-state index in [1.165, 1.54) is 16.8 Å². The van der Waals surface area contributed by atoms with Gasteiger partial charge in [0, 0.05) is 52.3 Å². The Balaban J connectivity index is 1.58. The van der Waals surface area contributed by atoms with E-state index in [0.29, 0.717) is 12.1 Å². The molecule has 4 nitrogen and oxygen atoms in total. The zero-order valence-electron chi connectivity index (χ0n) is 17.0. The summed E-state index contributed by atoms with van der Waals surface area (Å²) in [6.45, 7) is 3.05. The molecule has 0 aliphatic heterocycles. The van der Waals surface area contributed by atoms with Crippen molar-refractivity contribution in [1.29, 1.82) is 0 Å². The summed E-state index contributed by atoms with van der Waals surface area (Å²) in [5.41, 5.74) is 10.6. The molecular formula is C24H29ClN4. The van der Waals surface area contributed by atoms with Crippen LogP contribution in [0.25, 0.3) is 10.9 Å². The quantitative estimate of drug-likeness (QED) is 0.601. The maximum Gasteiger partial charge on any atom is 0.0737 e. The Labute approximate surface area is 178 Å². The number of anilines is 1. The number of halogens is 1. The average Bonchev–Trinajstić information content (AvgIpc) is 2.72. The molecule has 5 heteroatoms. The molecule has 2 N–H and O–H groups in total. The first-order valence-electron chi connectivity index (χ1n) is 10.6. The SMILES string of the molecule is Cc1cccc(CCCN(c2ccnc3cc(Cl)ccc23)C2CCC(N)CC2)n1. The Hall–Kier alpha value is -2.17. The van der Waals surface area contributed by atoms with Crippen molar-refractivity contribution in [3.8, 4) is 0 Å². The summed E-state index contributed by atoms with van der Waals surface area (Å²) in [5.74, 6) is 0. The minimum absolute atomic E-state index is 0.345. The van der Waals surface area contributed by atoms with Gasteiger partial charge in [-0.05, 0) is 81.8 Å². The standard InChI is InChI=1S/C24H29ClN4/c1-17-4-2-5-20(28-17)6-3-15-29(21-10-8-19(26)9-11-21)24-13-14-27-23-16-18(25)7-12-22(23)24/h2,4-5,7,12-14,16,19,21H,3,6,8-11,15,26H2,1H3. The van der Waals surface area contributed by atoms with Gasteiger partial charge in [-0.15, -0.1) is 0 Å². The van der Waals surface area contributed by atoms with E-state index in [2.05, 4.69) is 52.1 Å². The van der Waals surface area contributed by atoms with Crippen molar-refractivity contribution >= 4 is 28.2 Å². The smallest absolute Gasteiger partial charge is 0.0737 e. The number of benzene rings is 1. The average molecular weight is 409 g/mol. The van der Waals surface area contributed by atoms with Crippen LogP contribution in [-0.2, 0) is 6.42 Å². The lowest BCUT2D eigenvalue weighted by Gasteiger charge is -2.38. The molecule has 0 radical (unpaired) electrons. The third-order valence-electron chi connectivity index (χ3n) is 5.95. The first-order valence-corrected chi connectivity index (χ1v) is 11.0. The molecule has 1 fully saturated rings. The largest absolute Gasteiger partial charge is 0.368 e. The molecule has 0 spiro atoms. The molecule has 29 heavy (non-hydrogen) atoms. The van der Waals surface area contributed by atoms with E-state index >= 15 is 0 Å². The van der Waals surface area contributed by atoms with Gasteiger partial charge in [0.1, 0.15) is 0 Å². The maximum atomic E-state index is 6.21. The zero-order valence-corrected chi connectivity index (χ0v) is 17.8. The van der Waals surface area contributed by atoms with Crippen LogP contribution in [0.4, 0.5) is 5.69 Å². The fourth-order valence-electron chi connectivity index (χ4n) is 4.44. The molecule has 3 aromatic rings. The highest BCUT2D eigenvalue weighted by molar-refractivity contribution is 6.31. The molecule has 2 heterocycles. The van der Waals surface area contributed by atoms with Gasteiger partial charge < -0.3 is 10.6 Å². The number of nitrogens with zero attached hydrogens (tertiary/aromatic N) is 3. The Kier molecular flexibility index (Phi) is 6.31. The second-order valence-corrected chi connectivity index (χ2v) is 8.56. The van der Waals surface area contributed by atoms with E-state index in [1.54, 1.807) is 0 Å². The summed E-state index contributed by atoms with van der Waals surface area (Å²) in [7, 11) is 0. The summed E-state index contributed by atoms with van der Waals surface area (Å²) >= 11 is 6.21. The lowest BCUT2D eigenvalue weighted by molar-refractivity contribution is 0.374. The number of hydrogen-bond donors (Lipinski definition) is 1. The van der Waals surface area contributed by atoms with E-state index in [9.17, 15) is 0 Å². The van der Waals surface area contributed by atoms with Gasteiger partial charge in [-0.25, -0.2) is 0 Å². The predicted octanol–water partition coefficient (Wildman–Crippen LogP) is 5.30. The fraction of sp³-hybridized carbons (Fsp3) is 0.417.